The van der Waals surface area contributed by atoms with Gasteiger partial charge in [0, 0.05) is 5.92 Å². The summed E-state index contributed by atoms with van der Waals surface area (Å²) in [4.78, 5) is 12.4. The average Bonchev–Trinajstić information content (AvgIpc) is 2.55. The van der Waals surface area contributed by atoms with E-state index in [4.69, 9.17) is 4.42 Å². The van der Waals surface area contributed by atoms with Gasteiger partial charge in [0.15, 0.2) is 0 Å². The fourth-order valence-corrected chi connectivity index (χ4v) is 2.91. The summed E-state index contributed by atoms with van der Waals surface area (Å²) in [7, 11) is 0. The van der Waals surface area contributed by atoms with Crippen LogP contribution >= 0.6 is 0 Å². The van der Waals surface area contributed by atoms with Crippen LogP contribution in [0.25, 0.3) is 11.0 Å². The summed E-state index contributed by atoms with van der Waals surface area (Å²) < 4.78 is 5.41. The van der Waals surface area contributed by atoms with E-state index < -0.39 is 5.63 Å². The van der Waals surface area contributed by atoms with Crippen molar-refractivity contribution in [2.75, 3.05) is 0 Å². The molecule has 0 aliphatic heterocycles. The summed E-state index contributed by atoms with van der Waals surface area (Å²) in [5.41, 5.74) is 1.32. The Balaban J connectivity index is 2.24. The minimum absolute atomic E-state index is 0.0363. The highest BCUT2D eigenvalue weighted by molar-refractivity contribution is 5.84. The predicted octanol–water partition coefficient (Wildman–Crippen LogP) is 4.43. The molecule has 0 aliphatic rings. The van der Waals surface area contributed by atoms with E-state index in [9.17, 15) is 9.90 Å². The van der Waals surface area contributed by atoms with Gasteiger partial charge in [-0.15, -0.1) is 0 Å². The van der Waals surface area contributed by atoms with Crippen LogP contribution in [0.5, 0.6) is 5.75 Å². The fraction of sp³-hybridized carbons (Fsp3) is 0.211. The molecule has 1 heterocycles. The molecule has 0 radical (unpaired) electrons. The topological polar surface area (TPSA) is 50.4 Å². The van der Waals surface area contributed by atoms with Crippen molar-refractivity contribution in [3.05, 3.63) is 76.1 Å². The number of hydrogen-bond donors (Lipinski definition) is 1. The molecule has 0 saturated heterocycles. The van der Waals surface area contributed by atoms with Gasteiger partial charge < -0.3 is 9.52 Å². The Morgan fingerprint density at radius 3 is 2.45 bits per heavy atom. The van der Waals surface area contributed by atoms with Gasteiger partial charge in [-0.2, -0.15) is 0 Å². The maximum Gasteiger partial charge on any atom is 0.343 e. The largest absolute Gasteiger partial charge is 0.507 e. The van der Waals surface area contributed by atoms with Crippen LogP contribution in [0, 0.1) is 0 Å². The zero-order valence-corrected chi connectivity index (χ0v) is 12.5. The second-order valence-electron chi connectivity index (χ2n) is 5.40. The number of hydrogen-bond acceptors (Lipinski definition) is 3. The Kier molecular flexibility index (Phi) is 3.96. The first-order valence-electron chi connectivity index (χ1n) is 7.52. The molecule has 0 fully saturated rings. The average molecular weight is 294 g/mol. The van der Waals surface area contributed by atoms with E-state index in [1.54, 1.807) is 18.2 Å². The van der Waals surface area contributed by atoms with Crippen LogP contribution < -0.4 is 5.63 Å². The maximum absolute atomic E-state index is 12.4. The van der Waals surface area contributed by atoms with E-state index >= 15 is 0 Å². The molecule has 1 unspecified atom stereocenters. The molecule has 22 heavy (non-hydrogen) atoms. The second kappa shape index (κ2) is 6.06. The summed E-state index contributed by atoms with van der Waals surface area (Å²) >= 11 is 0. The van der Waals surface area contributed by atoms with Crippen LogP contribution in [0.2, 0.25) is 0 Å². The minimum atomic E-state index is -0.460. The second-order valence-corrected chi connectivity index (χ2v) is 5.40. The van der Waals surface area contributed by atoms with E-state index in [0.717, 1.165) is 18.4 Å². The van der Waals surface area contributed by atoms with Crippen molar-refractivity contribution in [2.45, 2.75) is 25.7 Å². The summed E-state index contributed by atoms with van der Waals surface area (Å²) in [5.74, 6) is -0.124. The van der Waals surface area contributed by atoms with Crippen LogP contribution in [-0.2, 0) is 0 Å². The van der Waals surface area contributed by atoms with E-state index in [1.807, 2.05) is 36.4 Å². The first-order chi connectivity index (χ1) is 10.7. The summed E-state index contributed by atoms with van der Waals surface area (Å²) in [6.07, 6.45) is 1.69. The monoisotopic (exact) mass is 294 g/mol. The third-order valence-corrected chi connectivity index (χ3v) is 3.95. The molecule has 0 amide bonds. The van der Waals surface area contributed by atoms with Crippen molar-refractivity contribution in [1.82, 2.24) is 0 Å². The first kappa shape index (κ1) is 14.4. The fourth-order valence-electron chi connectivity index (χ4n) is 2.91. The molecule has 0 bridgehead atoms. The van der Waals surface area contributed by atoms with Crippen molar-refractivity contribution in [3.8, 4) is 5.75 Å². The number of rotatable bonds is 4. The van der Waals surface area contributed by atoms with Crippen molar-refractivity contribution in [3.63, 3.8) is 0 Å². The third-order valence-electron chi connectivity index (χ3n) is 3.95. The van der Waals surface area contributed by atoms with Gasteiger partial charge in [-0.05, 0) is 24.1 Å². The molecule has 3 rings (SSSR count). The highest BCUT2D eigenvalue weighted by atomic mass is 16.4. The highest BCUT2D eigenvalue weighted by Crippen LogP contribution is 2.36. The van der Waals surface area contributed by atoms with Gasteiger partial charge >= 0.3 is 5.63 Å². The summed E-state index contributed by atoms with van der Waals surface area (Å²) in [6, 6.07) is 16.9. The molecule has 0 saturated carbocycles. The molecular weight excluding hydrogens is 276 g/mol. The van der Waals surface area contributed by atoms with E-state index in [0.29, 0.717) is 16.5 Å². The molecule has 0 aliphatic carbocycles. The lowest BCUT2D eigenvalue weighted by Crippen LogP contribution is -2.14. The Labute approximate surface area is 128 Å². The van der Waals surface area contributed by atoms with Gasteiger partial charge in [0.1, 0.15) is 11.3 Å². The molecule has 112 valence electrons. The molecule has 1 N–H and O–H groups in total. The molecule has 3 heteroatoms. The minimum Gasteiger partial charge on any atom is -0.507 e. The normalized spacial score (nSPS) is 12.4. The summed E-state index contributed by atoms with van der Waals surface area (Å²) in [6.45, 7) is 2.07. The smallest absolute Gasteiger partial charge is 0.343 e. The van der Waals surface area contributed by atoms with Crippen molar-refractivity contribution >= 4 is 11.0 Å². The Bertz CT molecular complexity index is 834. The predicted molar refractivity (Wildman–Crippen MR) is 87.3 cm³/mol. The standard InChI is InChI=1S/C19H18O3/c1-2-8-14(13-9-4-3-5-10-13)17-18(20)15-11-6-7-12-16(15)22-19(17)21/h3-7,9-12,14,20H,2,8H2,1H3. The molecule has 3 nitrogen and oxygen atoms in total. The molecule has 0 spiro atoms. The quantitative estimate of drug-likeness (QED) is 0.724. The molecule has 1 aromatic heterocycles. The number of benzene rings is 2. The molecule has 2 aromatic carbocycles. The van der Waals surface area contributed by atoms with Gasteiger partial charge in [0.2, 0.25) is 0 Å². The zero-order valence-electron chi connectivity index (χ0n) is 12.5. The van der Waals surface area contributed by atoms with E-state index in [2.05, 4.69) is 6.92 Å². The lowest BCUT2D eigenvalue weighted by molar-refractivity contribution is 0.448. The van der Waals surface area contributed by atoms with Gasteiger partial charge in [-0.1, -0.05) is 55.8 Å². The van der Waals surface area contributed by atoms with Crippen molar-refractivity contribution in [2.24, 2.45) is 0 Å². The maximum atomic E-state index is 12.4. The van der Waals surface area contributed by atoms with Crippen LogP contribution in [0.1, 0.15) is 36.8 Å². The Morgan fingerprint density at radius 2 is 1.73 bits per heavy atom. The van der Waals surface area contributed by atoms with Crippen molar-refractivity contribution in [1.29, 1.82) is 0 Å². The molecule has 1 atom stereocenters. The summed E-state index contributed by atoms with van der Waals surface area (Å²) in [5, 5.41) is 11.2. The SMILES string of the molecule is CCCC(c1ccccc1)c1c(O)c2ccccc2oc1=O. The number of aromatic hydroxyl groups is 1. The van der Waals surface area contributed by atoms with Crippen LogP contribution in [0.15, 0.2) is 63.8 Å². The Morgan fingerprint density at radius 1 is 1.05 bits per heavy atom. The zero-order chi connectivity index (χ0) is 15.5. The third kappa shape index (κ3) is 2.50. The van der Waals surface area contributed by atoms with E-state index in [-0.39, 0.29) is 11.7 Å². The van der Waals surface area contributed by atoms with Crippen LogP contribution in [-0.4, -0.2) is 5.11 Å². The van der Waals surface area contributed by atoms with Crippen LogP contribution in [0.3, 0.4) is 0 Å². The first-order valence-corrected chi connectivity index (χ1v) is 7.52. The molecular formula is C19H18O3. The van der Waals surface area contributed by atoms with Crippen LogP contribution in [0.4, 0.5) is 0 Å². The number of para-hydroxylation sites is 1. The van der Waals surface area contributed by atoms with Gasteiger partial charge in [0.05, 0.1) is 10.9 Å². The van der Waals surface area contributed by atoms with E-state index in [1.165, 1.54) is 0 Å². The Hall–Kier alpha value is -2.55. The van der Waals surface area contributed by atoms with Gasteiger partial charge in [0.25, 0.3) is 0 Å². The molecule has 3 aromatic rings. The van der Waals surface area contributed by atoms with Crippen molar-refractivity contribution < 1.29 is 9.52 Å². The van der Waals surface area contributed by atoms with Gasteiger partial charge in [-0.3, -0.25) is 0 Å². The van der Waals surface area contributed by atoms with Gasteiger partial charge in [-0.25, -0.2) is 4.79 Å². The lowest BCUT2D eigenvalue weighted by atomic mass is 9.87. The lowest BCUT2D eigenvalue weighted by Gasteiger charge is -2.17. The number of fused-ring (bicyclic) bond motifs is 1. The highest BCUT2D eigenvalue weighted by Gasteiger charge is 2.23.